The van der Waals surface area contributed by atoms with Gasteiger partial charge in [0.05, 0.1) is 11.8 Å². The van der Waals surface area contributed by atoms with E-state index in [4.69, 9.17) is 16.1 Å². The predicted molar refractivity (Wildman–Crippen MR) is 49.2 cm³/mol. The second kappa shape index (κ2) is 3.12. The number of aromatic nitrogens is 4. The van der Waals surface area contributed by atoms with Gasteiger partial charge in [-0.15, -0.1) is 0 Å². The first-order chi connectivity index (χ1) is 6.18. The average Bonchev–Trinajstić information content (AvgIpc) is 2.62. The summed E-state index contributed by atoms with van der Waals surface area (Å²) in [5.74, 6) is 0.352. The van der Waals surface area contributed by atoms with Gasteiger partial charge in [0, 0.05) is 7.05 Å². The van der Waals surface area contributed by atoms with Gasteiger partial charge < -0.3 is 4.52 Å². The van der Waals surface area contributed by atoms with Gasteiger partial charge in [0.25, 0.3) is 11.2 Å². The zero-order valence-electron chi connectivity index (χ0n) is 6.53. The van der Waals surface area contributed by atoms with Crippen LogP contribution in [-0.2, 0) is 7.05 Å². The van der Waals surface area contributed by atoms with Crippen LogP contribution in [0.15, 0.2) is 15.3 Å². The highest BCUT2D eigenvalue weighted by Gasteiger charge is 2.14. The average molecular weight is 263 g/mol. The molecule has 0 aliphatic heterocycles. The predicted octanol–water partition coefficient (Wildman–Crippen LogP) is 1.89. The molecule has 0 fully saturated rings. The van der Waals surface area contributed by atoms with Crippen LogP contribution < -0.4 is 0 Å². The van der Waals surface area contributed by atoms with Crippen LogP contribution in [0.5, 0.6) is 0 Å². The molecule has 0 radical (unpaired) electrons. The molecule has 0 saturated heterocycles. The molecule has 0 saturated carbocycles. The molecule has 5 nitrogen and oxygen atoms in total. The topological polar surface area (TPSA) is 56.7 Å². The SMILES string of the molecule is Cn1ncc(-c2nc(Cl)no2)c1Br. The van der Waals surface area contributed by atoms with Gasteiger partial charge in [-0.3, -0.25) is 4.68 Å². The van der Waals surface area contributed by atoms with E-state index in [9.17, 15) is 0 Å². The molecule has 0 N–H and O–H groups in total. The van der Waals surface area contributed by atoms with Crippen molar-refractivity contribution in [2.75, 3.05) is 0 Å². The molecule has 2 aromatic rings. The van der Waals surface area contributed by atoms with Crippen LogP contribution in [0.4, 0.5) is 0 Å². The summed E-state index contributed by atoms with van der Waals surface area (Å²) < 4.78 is 7.29. The summed E-state index contributed by atoms with van der Waals surface area (Å²) in [7, 11) is 1.80. The molecule has 13 heavy (non-hydrogen) atoms. The number of nitrogens with zero attached hydrogens (tertiary/aromatic N) is 4. The molecule has 7 heteroatoms. The van der Waals surface area contributed by atoms with Crippen molar-refractivity contribution in [2.45, 2.75) is 0 Å². The first-order valence-corrected chi connectivity index (χ1v) is 4.52. The molecule has 0 amide bonds. The molecule has 68 valence electrons. The van der Waals surface area contributed by atoms with Crippen molar-refractivity contribution in [3.63, 3.8) is 0 Å². The van der Waals surface area contributed by atoms with Gasteiger partial charge in [0.2, 0.25) is 0 Å². The quantitative estimate of drug-likeness (QED) is 0.788. The Morgan fingerprint density at radius 3 is 2.85 bits per heavy atom. The molecular formula is C6H4BrClN4O. The fourth-order valence-electron chi connectivity index (χ4n) is 0.881. The van der Waals surface area contributed by atoms with Crippen LogP contribution in [0.3, 0.4) is 0 Å². The van der Waals surface area contributed by atoms with Crippen molar-refractivity contribution in [1.29, 1.82) is 0 Å². The van der Waals surface area contributed by atoms with Gasteiger partial charge in [0.1, 0.15) is 4.60 Å². The Bertz CT molecular complexity index is 438. The summed E-state index contributed by atoms with van der Waals surface area (Å²) in [5.41, 5.74) is 0.724. The molecule has 2 rings (SSSR count). The lowest BCUT2D eigenvalue weighted by atomic mass is 10.4. The van der Waals surface area contributed by atoms with Gasteiger partial charge in [0.15, 0.2) is 0 Å². The first-order valence-electron chi connectivity index (χ1n) is 3.35. The molecule has 2 aromatic heterocycles. The second-order valence-corrected chi connectivity index (χ2v) is 3.43. The number of hydrogen-bond acceptors (Lipinski definition) is 4. The number of hydrogen-bond donors (Lipinski definition) is 0. The van der Waals surface area contributed by atoms with Crippen LogP contribution in [0.2, 0.25) is 5.28 Å². The molecular weight excluding hydrogens is 259 g/mol. The largest absolute Gasteiger partial charge is 0.333 e. The molecule has 2 heterocycles. The zero-order valence-corrected chi connectivity index (χ0v) is 8.87. The maximum absolute atomic E-state index is 5.51. The van der Waals surface area contributed by atoms with Crippen LogP contribution >= 0.6 is 27.5 Å². The van der Waals surface area contributed by atoms with E-state index in [1.54, 1.807) is 17.9 Å². The molecule has 0 atom stereocenters. The Morgan fingerprint density at radius 1 is 1.62 bits per heavy atom. The van der Waals surface area contributed by atoms with Gasteiger partial charge in [-0.2, -0.15) is 10.1 Å². The van der Waals surface area contributed by atoms with Gasteiger partial charge in [-0.05, 0) is 32.7 Å². The minimum absolute atomic E-state index is 0.0887. The monoisotopic (exact) mass is 262 g/mol. The van der Waals surface area contributed by atoms with Crippen LogP contribution in [-0.4, -0.2) is 19.9 Å². The molecule has 0 aliphatic rings. The van der Waals surface area contributed by atoms with Crippen molar-refractivity contribution in [2.24, 2.45) is 7.05 Å². The standard InChI is InChI=1S/C6H4BrClN4O/c1-12-4(7)3(2-9-12)5-10-6(8)11-13-5/h2H,1H3. The maximum Gasteiger partial charge on any atom is 0.264 e. The number of rotatable bonds is 1. The van der Waals surface area contributed by atoms with E-state index >= 15 is 0 Å². The van der Waals surface area contributed by atoms with E-state index in [0.717, 1.165) is 10.2 Å². The summed E-state index contributed by atoms with van der Waals surface area (Å²) in [6, 6.07) is 0. The van der Waals surface area contributed by atoms with Gasteiger partial charge in [-0.25, -0.2) is 0 Å². The molecule has 0 bridgehead atoms. The van der Waals surface area contributed by atoms with E-state index in [-0.39, 0.29) is 5.28 Å². The summed E-state index contributed by atoms with van der Waals surface area (Å²) in [6.07, 6.45) is 1.62. The van der Waals surface area contributed by atoms with Gasteiger partial charge >= 0.3 is 0 Å². The van der Waals surface area contributed by atoms with E-state index in [1.165, 1.54) is 0 Å². The Morgan fingerprint density at radius 2 is 2.38 bits per heavy atom. The molecule has 0 unspecified atom stereocenters. The maximum atomic E-state index is 5.51. The number of aryl methyl sites for hydroxylation is 1. The third kappa shape index (κ3) is 1.47. The van der Waals surface area contributed by atoms with Gasteiger partial charge in [-0.1, -0.05) is 0 Å². The summed E-state index contributed by atoms with van der Waals surface area (Å²) in [6.45, 7) is 0. The lowest BCUT2D eigenvalue weighted by Crippen LogP contribution is -1.88. The first kappa shape index (κ1) is 8.71. The highest BCUT2D eigenvalue weighted by atomic mass is 79.9. The summed E-state index contributed by atoms with van der Waals surface area (Å²) >= 11 is 8.84. The highest BCUT2D eigenvalue weighted by molar-refractivity contribution is 9.10. The van der Waals surface area contributed by atoms with Crippen molar-refractivity contribution < 1.29 is 4.52 Å². The fourth-order valence-corrected chi connectivity index (χ4v) is 1.36. The number of halogens is 2. The van der Waals surface area contributed by atoms with E-state index in [0.29, 0.717) is 5.89 Å². The Balaban J connectivity index is 2.52. The lowest BCUT2D eigenvalue weighted by molar-refractivity contribution is 0.430. The fraction of sp³-hybridized carbons (Fsp3) is 0.167. The normalized spacial score (nSPS) is 10.7. The third-order valence-electron chi connectivity index (χ3n) is 1.50. The Hall–Kier alpha value is -0.880. The highest BCUT2D eigenvalue weighted by Crippen LogP contribution is 2.26. The molecule has 0 spiro atoms. The van der Waals surface area contributed by atoms with Crippen LogP contribution in [0, 0.1) is 0 Å². The molecule has 0 aliphatic carbocycles. The third-order valence-corrected chi connectivity index (χ3v) is 2.59. The molecule has 0 aromatic carbocycles. The Labute approximate surface area is 86.8 Å². The Kier molecular flexibility index (Phi) is 2.09. The zero-order chi connectivity index (χ0) is 9.42. The van der Waals surface area contributed by atoms with Crippen molar-refractivity contribution in [1.82, 2.24) is 19.9 Å². The smallest absolute Gasteiger partial charge is 0.264 e. The summed E-state index contributed by atoms with van der Waals surface area (Å²) in [5, 5.41) is 7.55. The summed E-state index contributed by atoms with van der Waals surface area (Å²) in [4.78, 5) is 3.86. The van der Waals surface area contributed by atoms with E-state index in [1.807, 2.05) is 0 Å². The minimum atomic E-state index is 0.0887. The lowest BCUT2D eigenvalue weighted by Gasteiger charge is -1.91. The van der Waals surface area contributed by atoms with E-state index < -0.39 is 0 Å². The van der Waals surface area contributed by atoms with Crippen molar-refractivity contribution >= 4 is 27.5 Å². The second-order valence-electron chi connectivity index (χ2n) is 2.34. The van der Waals surface area contributed by atoms with E-state index in [2.05, 4.69) is 31.2 Å². The van der Waals surface area contributed by atoms with Crippen molar-refractivity contribution in [3.05, 3.63) is 16.1 Å². The minimum Gasteiger partial charge on any atom is -0.333 e. The van der Waals surface area contributed by atoms with Crippen molar-refractivity contribution in [3.8, 4) is 11.5 Å². The van der Waals surface area contributed by atoms with Crippen LogP contribution in [0.1, 0.15) is 0 Å². The van der Waals surface area contributed by atoms with Crippen LogP contribution in [0.25, 0.3) is 11.5 Å².